The molecule has 35 heavy (non-hydrogen) atoms. The summed E-state index contributed by atoms with van der Waals surface area (Å²) >= 11 is 3.52. The molecule has 2 aliphatic heterocycles. The fourth-order valence-corrected chi connectivity index (χ4v) is 4.31. The minimum absolute atomic E-state index is 0.380. The Morgan fingerprint density at radius 2 is 2.00 bits per heavy atom. The van der Waals surface area contributed by atoms with E-state index < -0.39 is 0 Å². The van der Waals surface area contributed by atoms with Gasteiger partial charge >= 0.3 is 6.09 Å². The maximum atomic E-state index is 11.9. The monoisotopic (exact) mass is 541 g/mol. The first-order chi connectivity index (χ1) is 17.0. The van der Waals surface area contributed by atoms with E-state index in [-0.39, 0.29) is 6.09 Å². The van der Waals surface area contributed by atoms with Crippen LogP contribution in [0.3, 0.4) is 0 Å². The van der Waals surface area contributed by atoms with Gasteiger partial charge in [0.05, 0.1) is 10.7 Å². The van der Waals surface area contributed by atoms with E-state index in [1.807, 2.05) is 0 Å². The van der Waals surface area contributed by atoms with Gasteiger partial charge in [0.2, 0.25) is 5.95 Å². The third-order valence-corrected chi connectivity index (χ3v) is 6.64. The lowest BCUT2D eigenvalue weighted by molar-refractivity contribution is 0.155. The standard InChI is InChI=1S/C25H32BrN7O2/c1-3-19-17-20(32-14-12-31(2)13-15-32)7-8-22(19)29-24-28-18-21(26)23(30-24)27-9-6-11-33-10-4-5-16-35-25(33)34/h4-5,7-8,10,16-18H,3,6,9,11-15H2,1-2H3,(H2,27,28,29,30). The highest BCUT2D eigenvalue weighted by molar-refractivity contribution is 9.10. The molecule has 0 radical (unpaired) electrons. The van der Waals surface area contributed by atoms with E-state index in [2.05, 4.69) is 78.5 Å². The normalized spacial score (nSPS) is 16.3. The van der Waals surface area contributed by atoms with Crippen LogP contribution in [0.25, 0.3) is 0 Å². The van der Waals surface area contributed by atoms with Crippen LogP contribution in [0.15, 0.2) is 53.5 Å². The Hall–Kier alpha value is -3.11. The Labute approximate surface area is 215 Å². The molecule has 1 fully saturated rings. The number of carbonyl (C=O) groups excluding carboxylic acids is 1. The topological polar surface area (TPSA) is 85.9 Å². The van der Waals surface area contributed by atoms with Crippen LogP contribution in [0.1, 0.15) is 18.9 Å². The first-order valence-corrected chi connectivity index (χ1v) is 12.7. The van der Waals surface area contributed by atoms with Crippen LogP contribution >= 0.6 is 15.9 Å². The van der Waals surface area contributed by atoms with Crippen molar-refractivity contribution in [1.82, 2.24) is 19.8 Å². The zero-order chi connectivity index (χ0) is 24.6. The summed E-state index contributed by atoms with van der Waals surface area (Å²) in [5.74, 6) is 1.23. The maximum Gasteiger partial charge on any atom is 0.418 e. The first-order valence-electron chi connectivity index (χ1n) is 11.9. The van der Waals surface area contributed by atoms with Gasteiger partial charge < -0.3 is 25.2 Å². The zero-order valence-electron chi connectivity index (χ0n) is 20.2. The number of benzene rings is 1. The number of carbonyl (C=O) groups is 1. The minimum atomic E-state index is -0.380. The third-order valence-electron chi connectivity index (χ3n) is 6.06. The number of aryl methyl sites for hydroxylation is 1. The number of rotatable bonds is 9. The molecule has 1 aromatic carbocycles. The summed E-state index contributed by atoms with van der Waals surface area (Å²) in [4.78, 5) is 27.3. The largest absolute Gasteiger partial charge is 0.418 e. The molecule has 0 saturated carbocycles. The van der Waals surface area contributed by atoms with E-state index in [9.17, 15) is 4.79 Å². The lowest BCUT2D eigenvalue weighted by atomic mass is 10.1. The summed E-state index contributed by atoms with van der Waals surface area (Å²) in [6.45, 7) is 7.60. The lowest BCUT2D eigenvalue weighted by Crippen LogP contribution is -2.44. The number of hydrogen-bond acceptors (Lipinski definition) is 8. The number of halogens is 1. The maximum absolute atomic E-state index is 11.9. The number of cyclic esters (lactones) is 1. The summed E-state index contributed by atoms with van der Waals surface area (Å²) in [5, 5.41) is 6.71. The van der Waals surface area contributed by atoms with Crippen LogP contribution in [0, 0.1) is 0 Å². The van der Waals surface area contributed by atoms with Gasteiger partial charge in [0.25, 0.3) is 0 Å². The molecule has 0 aliphatic carbocycles. The predicted octanol–water partition coefficient (Wildman–Crippen LogP) is 4.58. The molecule has 0 atom stereocenters. The number of nitrogens with one attached hydrogen (secondary N) is 2. The molecule has 2 aromatic rings. The number of anilines is 4. The number of nitrogens with zero attached hydrogens (tertiary/aromatic N) is 5. The molecule has 4 rings (SSSR count). The number of amides is 1. The molecule has 10 heteroatoms. The summed E-state index contributed by atoms with van der Waals surface area (Å²) in [6, 6.07) is 6.56. The Balaban J connectivity index is 1.36. The quantitative estimate of drug-likeness (QED) is 0.446. The number of ether oxygens (including phenoxy) is 1. The van der Waals surface area contributed by atoms with E-state index in [4.69, 9.17) is 4.74 Å². The number of aromatic nitrogens is 2. The van der Waals surface area contributed by atoms with Gasteiger partial charge in [-0.1, -0.05) is 6.92 Å². The Morgan fingerprint density at radius 3 is 2.80 bits per heavy atom. The third kappa shape index (κ3) is 6.73. The first kappa shape index (κ1) is 25.0. The van der Waals surface area contributed by atoms with Crippen molar-refractivity contribution in [1.29, 1.82) is 0 Å². The average molecular weight is 542 g/mol. The van der Waals surface area contributed by atoms with Gasteiger partial charge in [-0.25, -0.2) is 9.78 Å². The minimum Gasteiger partial charge on any atom is -0.418 e. The SMILES string of the molecule is CCc1cc(N2CCN(C)CC2)ccc1Nc1ncc(Br)c(NCCCN2C=CC=COC2=O)n1. The van der Waals surface area contributed by atoms with Gasteiger partial charge in [-0.3, -0.25) is 4.90 Å². The number of piperazine rings is 1. The van der Waals surface area contributed by atoms with Crippen LogP contribution in [0.4, 0.5) is 27.9 Å². The summed E-state index contributed by atoms with van der Waals surface area (Å²) in [7, 11) is 2.17. The molecular formula is C25H32BrN7O2. The molecule has 3 heterocycles. The summed E-state index contributed by atoms with van der Waals surface area (Å²) in [5.41, 5.74) is 3.51. The van der Waals surface area contributed by atoms with Crippen LogP contribution in [0.2, 0.25) is 0 Å². The lowest BCUT2D eigenvalue weighted by Gasteiger charge is -2.34. The van der Waals surface area contributed by atoms with Crippen molar-refractivity contribution < 1.29 is 9.53 Å². The van der Waals surface area contributed by atoms with Crippen LogP contribution in [0.5, 0.6) is 0 Å². The molecule has 1 amide bonds. The van der Waals surface area contributed by atoms with Crippen molar-refractivity contribution >= 4 is 45.2 Å². The fraction of sp³-hybridized carbons (Fsp3) is 0.400. The van der Waals surface area contributed by atoms with E-state index in [0.717, 1.165) is 49.2 Å². The Bertz CT molecular complexity index is 1080. The Morgan fingerprint density at radius 1 is 1.17 bits per heavy atom. The van der Waals surface area contributed by atoms with Crippen molar-refractivity contribution in [3.63, 3.8) is 0 Å². The Kier molecular flexibility index (Phi) is 8.59. The highest BCUT2D eigenvalue weighted by atomic mass is 79.9. The second-order valence-electron chi connectivity index (χ2n) is 8.53. The summed E-state index contributed by atoms with van der Waals surface area (Å²) < 4.78 is 5.75. The van der Waals surface area contributed by atoms with Crippen LogP contribution < -0.4 is 15.5 Å². The highest BCUT2D eigenvalue weighted by Gasteiger charge is 2.16. The highest BCUT2D eigenvalue weighted by Crippen LogP contribution is 2.28. The molecule has 2 N–H and O–H groups in total. The molecule has 9 nitrogen and oxygen atoms in total. The smallest absolute Gasteiger partial charge is 0.418 e. The van der Waals surface area contributed by atoms with Crippen molar-refractivity contribution in [3.8, 4) is 0 Å². The number of allylic oxidation sites excluding steroid dienone is 2. The molecule has 1 aromatic heterocycles. The number of likely N-dealkylation sites (N-methyl/N-ethyl adjacent to an activating group) is 1. The second kappa shape index (κ2) is 12.0. The van der Waals surface area contributed by atoms with Crippen molar-refractivity contribution in [2.24, 2.45) is 0 Å². The molecule has 0 unspecified atom stereocenters. The van der Waals surface area contributed by atoms with Crippen molar-refractivity contribution in [2.75, 3.05) is 61.8 Å². The van der Waals surface area contributed by atoms with Gasteiger partial charge in [0.1, 0.15) is 5.82 Å². The van der Waals surface area contributed by atoms with E-state index in [0.29, 0.717) is 24.9 Å². The molecule has 0 spiro atoms. The van der Waals surface area contributed by atoms with E-state index in [1.165, 1.54) is 17.5 Å². The van der Waals surface area contributed by atoms with E-state index in [1.54, 1.807) is 29.4 Å². The molecule has 2 aliphatic rings. The van der Waals surface area contributed by atoms with Gasteiger partial charge in [-0.15, -0.1) is 0 Å². The number of hydrogen-bond donors (Lipinski definition) is 2. The average Bonchev–Trinajstić information content (AvgIpc) is 3.08. The van der Waals surface area contributed by atoms with Gasteiger partial charge in [-0.05, 0) is 71.7 Å². The van der Waals surface area contributed by atoms with Crippen molar-refractivity contribution in [3.05, 3.63) is 59.0 Å². The fourth-order valence-electron chi connectivity index (χ4n) is 3.97. The van der Waals surface area contributed by atoms with Gasteiger partial charge in [0.15, 0.2) is 0 Å². The predicted molar refractivity (Wildman–Crippen MR) is 143 cm³/mol. The summed E-state index contributed by atoms with van der Waals surface area (Å²) in [6.07, 6.45) is 9.56. The second-order valence-corrected chi connectivity index (χ2v) is 9.38. The molecular weight excluding hydrogens is 510 g/mol. The molecule has 186 valence electrons. The van der Waals surface area contributed by atoms with Crippen LogP contribution in [-0.2, 0) is 11.2 Å². The molecule has 0 bridgehead atoms. The van der Waals surface area contributed by atoms with E-state index >= 15 is 0 Å². The van der Waals surface area contributed by atoms with Gasteiger partial charge in [-0.2, -0.15) is 4.98 Å². The van der Waals surface area contributed by atoms with Gasteiger partial charge in [0, 0.05) is 63.0 Å². The van der Waals surface area contributed by atoms with Crippen molar-refractivity contribution in [2.45, 2.75) is 19.8 Å². The zero-order valence-corrected chi connectivity index (χ0v) is 21.8. The molecule has 1 saturated heterocycles. The van der Waals surface area contributed by atoms with Crippen LogP contribution in [-0.4, -0.2) is 72.2 Å².